The van der Waals surface area contributed by atoms with E-state index in [1.807, 2.05) is 42.5 Å². The van der Waals surface area contributed by atoms with Crippen LogP contribution >= 0.6 is 0 Å². The first-order valence-corrected chi connectivity index (χ1v) is 8.84. The van der Waals surface area contributed by atoms with Gasteiger partial charge in [0.25, 0.3) is 0 Å². The number of nitrogens with zero attached hydrogens (tertiary/aromatic N) is 1. The van der Waals surface area contributed by atoms with Gasteiger partial charge in [-0.3, -0.25) is 4.98 Å². The van der Waals surface area contributed by atoms with E-state index in [2.05, 4.69) is 24.0 Å². The summed E-state index contributed by atoms with van der Waals surface area (Å²) in [7, 11) is 0. The molecule has 5 rings (SSSR count). The van der Waals surface area contributed by atoms with E-state index in [4.69, 9.17) is 4.42 Å². The summed E-state index contributed by atoms with van der Waals surface area (Å²) in [5.41, 5.74) is 5.86. The standard InChI is InChI=1S/C24H16FNO/c1-15-10-11-18(24-23(15)19-7-3-5-9-22(19)27-24)21-14-16(12-13-26-21)17-6-2-4-8-20(17)25/h2-14H,1H3. The van der Waals surface area contributed by atoms with Gasteiger partial charge in [-0.15, -0.1) is 0 Å². The number of pyridine rings is 1. The molecule has 0 bridgehead atoms. The van der Waals surface area contributed by atoms with Crippen molar-refractivity contribution < 1.29 is 8.81 Å². The molecule has 27 heavy (non-hydrogen) atoms. The first-order chi connectivity index (χ1) is 13.2. The molecule has 0 aliphatic carbocycles. The molecule has 0 spiro atoms. The molecule has 2 aromatic heterocycles. The molecule has 3 aromatic carbocycles. The number of aromatic nitrogens is 1. The highest BCUT2D eigenvalue weighted by Crippen LogP contribution is 2.37. The van der Waals surface area contributed by atoms with Gasteiger partial charge in [0, 0.05) is 28.1 Å². The van der Waals surface area contributed by atoms with E-state index >= 15 is 0 Å². The number of halogens is 1. The minimum absolute atomic E-state index is 0.243. The summed E-state index contributed by atoms with van der Waals surface area (Å²) in [5.74, 6) is -0.243. The zero-order valence-corrected chi connectivity index (χ0v) is 14.7. The second-order valence-corrected chi connectivity index (χ2v) is 6.64. The third-order valence-electron chi connectivity index (χ3n) is 4.96. The Hall–Kier alpha value is -3.46. The molecule has 0 amide bonds. The maximum atomic E-state index is 14.2. The van der Waals surface area contributed by atoms with E-state index in [0.29, 0.717) is 5.56 Å². The predicted molar refractivity (Wildman–Crippen MR) is 107 cm³/mol. The van der Waals surface area contributed by atoms with Crippen LogP contribution in [0.5, 0.6) is 0 Å². The van der Waals surface area contributed by atoms with Crippen LogP contribution < -0.4 is 0 Å². The molecule has 0 aliphatic heterocycles. The van der Waals surface area contributed by atoms with Crippen LogP contribution in [0.1, 0.15) is 5.56 Å². The number of hydrogen-bond acceptors (Lipinski definition) is 2. The molecule has 0 radical (unpaired) electrons. The monoisotopic (exact) mass is 353 g/mol. The first-order valence-electron chi connectivity index (χ1n) is 8.84. The molecule has 0 atom stereocenters. The minimum atomic E-state index is -0.243. The van der Waals surface area contributed by atoms with Gasteiger partial charge in [-0.25, -0.2) is 4.39 Å². The van der Waals surface area contributed by atoms with E-state index in [1.165, 1.54) is 6.07 Å². The van der Waals surface area contributed by atoms with Crippen molar-refractivity contribution in [1.29, 1.82) is 0 Å². The zero-order valence-electron chi connectivity index (χ0n) is 14.7. The van der Waals surface area contributed by atoms with Crippen LogP contribution in [0.3, 0.4) is 0 Å². The molecule has 0 fully saturated rings. The lowest BCUT2D eigenvalue weighted by Gasteiger charge is -2.07. The topological polar surface area (TPSA) is 26.0 Å². The summed E-state index contributed by atoms with van der Waals surface area (Å²) in [6.07, 6.45) is 1.71. The van der Waals surface area contributed by atoms with Gasteiger partial charge >= 0.3 is 0 Å². The van der Waals surface area contributed by atoms with Crippen molar-refractivity contribution in [2.24, 2.45) is 0 Å². The van der Waals surface area contributed by atoms with Crippen molar-refractivity contribution in [3.63, 3.8) is 0 Å². The fourth-order valence-electron chi connectivity index (χ4n) is 3.64. The van der Waals surface area contributed by atoms with Crippen molar-refractivity contribution in [2.75, 3.05) is 0 Å². The molecule has 0 saturated heterocycles. The number of aryl methyl sites for hydroxylation is 1. The van der Waals surface area contributed by atoms with Gasteiger partial charge < -0.3 is 4.42 Å². The van der Waals surface area contributed by atoms with Gasteiger partial charge in [0.1, 0.15) is 17.0 Å². The molecule has 130 valence electrons. The fraction of sp³-hybridized carbons (Fsp3) is 0.0417. The van der Waals surface area contributed by atoms with Crippen LogP contribution in [0.2, 0.25) is 0 Å². The van der Waals surface area contributed by atoms with Crippen LogP contribution in [0, 0.1) is 12.7 Å². The molecule has 0 aliphatic rings. The number of fused-ring (bicyclic) bond motifs is 3. The van der Waals surface area contributed by atoms with Gasteiger partial charge in [-0.2, -0.15) is 0 Å². The zero-order chi connectivity index (χ0) is 18.4. The quantitative estimate of drug-likeness (QED) is 0.350. The molecule has 2 nitrogen and oxygen atoms in total. The Balaban J connectivity index is 1.76. The van der Waals surface area contributed by atoms with Gasteiger partial charge in [0.15, 0.2) is 0 Å². The third-order valence-corrected chi connectivity index (χ3v) is 4.96. The summed E-state index contributed by atoms with van der Waals surface area (Å²) in [4.78, 5) is 4.53. The maximum absolute atomic E-state index is 14.2. The fourth-order valence-corrected chi connectivity index (χ4v) is 3.64. The van der Waals surface area contributed by atoms with Crippen LogP contribution in [-0.4, -0.2) is 4.98 Å². The van der Waals surface area contributed by atoms with Crippen LogP contribution in [0.25, 0.3) is 44.3 Å². The average molecular weight is 353 g/mol. The van der Waals surface area contributed by atoms with E-state index in [9.17, 15) is 4.39 Å². The van der Waals surface area contributed by atoms with Crippen molar-refractivity contribution in [1.82, 2.24) is 4.98 Å². The highest BCUT2D eigenvalue weighted by atomic mass is 19.1. The Morgan fingerprint density at radius 2 is 1.67 bits per heavy atom. The highest BCUT2D eigenvalue weighted by Gasteiger charge is 2.15. The predicted octanol–water partition coefficient (Wildman–Crippen LogP) is 6.76. The number of furan rings is 1. The minimum Gasteiger partial charge on any atom is -0.455 e. The lowest BCUT2D eigenvalue weighted by molar-refractivity contribution is 0.631. The largest absolute Gasteiger partial charge is 0.455 e. The van der Waals surface area contributed by atoms with Gasteiger partial charge in [0.2, 0.25) is 0 Å². The number of hydrogen-bond donors (Lipinski definition) is 0. The maximum Gasteiger partial charge on any atom is 0.145 e. The Labute approximate surface area is 155 Å². The van der Waals surface area contributed by atoms with Crippen molar-refractivity contribution in [2.45, 2.75) is 6.92 Å². The first kappa shape index (κ1) is 15.8. The third kappa shape index (κ3) is 2.51. The molecular weight excluding hydrogens is 337 g/mol. The smallest absolute Gasteiger partial charge is 0.145 e. The Kier molecular flexibility index (Phi) is 3.54. The second kappa shape index (κ2) is 6.06. The summed E-state index contributed by atoms with van der Waals surface area (Å²) in [5, 5.41) is 2.19. The Bertz CT molecular complexity index is 1300. The molecule has 3 heteroatoms. The summed E-state index contributed by atoms with van der Waals surface area (Å²) in [6, 6.07) is 22.6. The molecule has 0 N–H and O–H groups in total. The summed E-state index contributed by atoms with van der Waals surface area (Å²) >= 11 is 0. The molecule has 5 aromatic rings. The molecular formula is C24H16FNO. The number of para-hydroxylation sites is 1. The normalized spacial score (nSPS) is 11.3. The highest BCUT2D eigenvalue weighted by molar-refractivity contribution is 6.11. The Morgan fingerprint density at radius 3 is 2.56 bits per heavy atom. The SMILES string of the molecule is Cc1ccc(-c2cc(-c3ccccc3F)ccn2)c2oc3ccccc3c12. The van der Waals surface area contributed by atoms with E-state index < -0.39 is 0 Å². The van der Waals surface area contributed by atoms with Crippen molar-refractivity contribution in [3.05, 3.63) is 90.4 Å². The molecule has 0 unspecified atom stereocenters. The van der Waals surface area contributed by atoms with E-state index in [1.54, 1.807) is 18.3 Å². The number of benzene rings is 3. The van der Waals surface area contributed by atoms with Crippen LogP contribution in [0.15, 0.2) is 83.4 Å². The van der Waals surface area contributed by atoms with Gasteiger partial charge in [-0.1, -0.05) is 42.5 Å². The summed E-state index contributed by atoms with van der Waals surface area (Å²) in [6.45, 7) is 2.08. The second-order valence-electron chi connectivity index (χ2n) is 6.64. The van der Waals surface area contributed by atoms with Crippen molar-refractivity contribution in [3.8, 4) is 22.4 Å². The summed E-state index contributed by atoms with van der Waals surface area (Å²) < 4.78 is 20.4. The molecule has 2 heterocycles. The Morgan fingerprint density at radius 1 is 0.852 bits per heavy atom. The average Bonchev–Trinajstić information content (AvgIpc) is 3.09. The van der Waals surface area contributed by atoms with E-state index in [0.717, 1.165) is 44.3 Å². The lowest BCUT2D eigenvalue weighted by Crippen LogP contribution is -1.89. The van der Waals surface area contributed by atoms with Crippen LogP contribution in [0.4, 0.5) is 4.39 Å². The number of rotatable bonds is 2. The lowest BCUT2D eigenvalue weighted by atomic mass is 9.99. The van der Waals surface area contributed by atoms with E-state index in [-0.39, 0.29) is 5.82 Å². The van der Waals surface area contributed by atoms with Crippen LogP contribution in [-0.2, 0) is 0 Å². The molecule has 0 saturated carbocycles. The van der Waals surface area contributed by atoms with Gasteiger partial charge in [-0.05, 0) is 48.4 Å². The van der Waals surface area contributed by atoms with Gasteiger partial charge in [0.05, 0.1) is 5.69 Å². The van der Waals surface area contributed by atoms with Crippen molar-refractivity contribution >= 4 is 21.9 Å².